The number of methoxy groups -OCH3 is 1. The van der Waals surface area contributed by atoms with Crippen molar-refractivity contribution in [3.8, 4) is 0 Å². The van der Waals surface area contributed by atoms with Crippen LogP contribution in [-0.2, 0) is 11.3 Å². The molecule has 6 heteroatoms. The van der Waals surface area contributed by atoms with Crippen molar-refractivity contribution in [3.63, 3.8) is 0 Å². The van der Waals surface area contributed by atoms with Crippen LogP contribution in [0.25, 0.3) is 0 Å². The molecule has 102 valence electrons. The Balaban J connectivity index is 1.76. The number of nitrogens with zero attached hydrogens (tertiary/aromatic N) is 3. The Hall–Kier alpha value is -1.66. The van der Waals surface area contributed by atoms with Gasteiger partial charge in [0.2, 0.25) is 5.13 Å². The summed E-state index contributed by atoms with van der Waals surface area (Å²) in [5.41, 5.74) is 1.21. The Labute approximate surface area is 117 Å². The highest BCUT2D eigenvalue weighted by atomic mass is 32.1. The maximum absolute atomic E-state index is 4.99. The van der Waals surface area contributed by atoms with Crippen LogP contribution in [0.5, 0.6) is 0 Å². The summed E-state index contributed by atoms with van der Waals surface area (Å²) in [5, 5.41) is 4.11. The first kappa shape index (κ1) is 13.8. The quantitative estimate of drug-likeness (QED) is 0.841. The first-order valence-electron chi connectivity index (χ1n) is 6.11. The fourth-order valence-corrected chi connectivity index (χ4v) is 2.25. The van der Waals surface area contributed by atoms with Crippen LogP contribution in [0.15, 0.2) is 30.3 Å². The van der Waals surface area contributed by atoms with E-state index in [4.69, 9.17) is 4.74 Å². The molecule has 0 radical (unpaired) electrons. The summed E-state index contributed by atoms with van der Waals surface area (Å²) in [5.74, 6) is 0.728. The van der Waals surface area contributed by atoms with Crippen molar-refractivity contribution in [2.24, 2.45) is 0 Å². The van der Waals surface area contributed by atoms with E-state index in [1.54, 1.807) is 7.11 Å². The summed E-state index contributed by atoms with van der Waals surface area (Å²) < 4.78 is 9.18. The molecule has 0 bridgehead atoms. The number of likely N-dealkylation sites (N-methyl/N-ethyl adjacent to an activating group) is 1. The molecule has 19 heavy (non-hydrogen) atoms. The number of para-hydroxylation sites is 1. The van der Waals surface area contributed by atoms with E-state index in [1.165, 1.54) is 17.2 Å². The third-order valence-corrected chi connectivity index (χ3v) is 3.37. The molecule has 1 heterocycles. The van der Waals surface area contributed by atoms with Gasteiger partial charge in [0.05, 0.1) is 0 Å². The largest absolute Gasteiger partial charge is 0.377 e. The van der Waals surface area contributed by atoms with Gasteiger partial charge in [0.25, 0.3) is 0 Å². The molecule has 0 spiro atoms. The molecule has 0 aliphatic heterocycles. The van der Waals surface area contributed by atoms with Crippen LogP contribution < -0.4 is 10.2 Å². The predicted octanol–water partition coefficient (Wildman–Crippen LogP) is 2.23. The number of benzene rings is 1. The fraction of sp³-hybridized carbons (Fsp3) is 0.385. The van der Waals surface area contributed by atoms with E-state index >= 15 is 0 Å². The average molecular weight is 278 g/mol. The fourth-order valence-electron chi connectivity index (χ4n) is 1.66. The Bertz CT molecular complexity index is 488. The highest BCUT2D eigenvalue weighted by Crippen LogP contribution is 2.12. The lowest BCUT2D eigenvalue weighted by atomic mass is 10.3. The zero-order valence-corrected chi connectivity index (χ0v) is 12.0. The summed E-state index contributed by atoms with van der Waals surface area (Å²) in [6, 6.07) is 10.3. The molecule has 1 N–H and O–H groups in total. The number of hydrogen-bond acceptors (Lipinski definition) is 6. The molecular formula is C13H18N4OS. The average Bonchev–Trinajstić information content (AvgIpc) is 2.88. The van der Waals surface area contributed by atoms with Crippen LogP contribution in [0, 0.1) is 0 Å². The number of hydrogen-bond donors (Lipinski definition) is 1. The molecule has 0 amide bonds. The molecule has 5 nitrogen and oxygen atoms in total. The van der Waals surface area contributed by atoms with E-state index in [0.717, 1.165) is 24.0 Å². The molecule has 0 aliphatic rings. The van der Waals surface area contributed by atoms with Crippen molar-refractivity contribution in [1.29, 1.82) is 0 Å². The molecule has 0 saturated carbocycles. The maximum Gasteiger partial charge on any atom is 0.202 e. The molecule has 0 saturated heterocycles. The maximum atomic E-state index is 4.99. The normalized spacial score (nSPS) is 10.4. The second-order valence-corrected chi connectivity index (χ2v) is 4.88. The summed E-state index contributed by atoms with van der Waals surface area (Å²) in [7, 11) is 3.72. The third kappa shape index (κ3) is 4.18. The minimum absolute atomic E-state index is 0.460. The van der Waals surface area contributed by atoms with Crippen LogP contribution in [0.1, 0.15) is 5.82 Å². The van der Waals surface area contributed by atoms with Crippen LogP contribution in [0.4, 0.5) is 10.8 Å². The van der Waals surface area contributed by atoms with Crippen molar-refractivity contribution < 1.29 is 4.74 Å². The molecule has 0 fully saturated rings. The molecular weight excluding hydrogens is 260 g/mol. The van der Waals surface area contributed by atoms with E-state index in [-0.39, 0.29) is 0 Å². The van der Waals surface area contributed by atoms with Crippen molar-refractivity contribution in [2.75, 3.05) is 37.5 Å². The van der Waals surface area contributed by atoms with E-state index < -0.39 is 0 Å². The molecule has 2 rings (SSSR count). The Morgan fingerprint density at radius 3 is 2.84 bits per heavy atom. The smallest absolute Gasteiger partial charge is 0.202 e. The van der Waals surface area contributed by atoms with Gasteiger partial charge < -0.3 is 15.0 Å². The monoisotopic (exact) mass is 278 g/mol. The molecule has 0 unspecified atom stereocenters. The lowest BCUT2D eigenvalue weighted by Gasteiger charge is -2.19. The highest BCUT2D eigenvalue weighted by molar-refractivity contribution is 7.09. The van der Waals surface area contributed by atoms with Crippen LogP contribution in [0.3, 0.4) is 0 Å². The van der Waals surface area contributed by atoms with Crippen molar-refractivity contribution in [3.05, 3.63) is 36.2 Å². The second kappa shape index (κ2) is 7.06. The SMILES string of the molecule is COCc1nsc(NCCN(C)c2ccccc2)n1. The van der Waals surface area contributed by atoms with E-state index in [9.17, 15) is 0 Å². The van der Waals surface area contributed by atoms with Gasteiger partial charge in [-0.25, -0.2) is 4.98 Å². The van der Waals surface area contributed by atoms with E-state index in [1.807, 2.05) is 18.2 Å². The first-order chi connectivity index (χ1) is 9.29. The van der Waals surface area contributed by atoms with Gasteiger partial charge in [-0.3, -0.25) is 0 Å². The Morgan fingerprint density at radius 2 is 2.11 bits per heavy atom. The minimum Gasteiger partial charge on any atom is -0.377 e. The summed E-state index contributed by atoms with van der Waals surface area (Å²) >= 11 is 1.37. The van der Waals surface area contributed by atoms with Crippen molar-refractivity contribution >= 4 is 22.4 Å². The van der Waals surface area contributed by atoms with Gasteiger partial charge in [0, 0.05) is 44.5 Å². The number of aromatic nitrogens is 2. The molecule has 2 aromatic rings. The highest BCUT2D eigenvalue weighted by Gasteiger charge is 2.04. The Morgan fingerprint density at radius 1 is 1.32 bits per heavy atom. The van der Waals surface area contributed by atoms with Gasteiger partial charge in [-0.15, -0.1) is 0 Å². The standard InChI is InChI=1S/C13H18N4OS/c1-17(11-6-4-3-5-7-11)9-8-14-13-15-12(10-18-2)16-19-13/h3-7H,8-10H2,1-2H3,(H,14,15,16). The second-order valence-electron chi connectivity index (χ2n) is 4.13. The summed E-state index contributed by atoms with van der Waals surface area (Å²) in [4.78, 5) is 6.52. The molecule has 0 aliphatic carbocycles. The number of nitrogens with one attached hydrogen (secondary N) is 1. The van der Waals surface area contributed by atoms with Gasteiger partial charge in [0.15, 0.2) is 5.82 Å². The van der Waals surface area contributed by atoms with Crippen molar-refractivity contribution in [2.45, 2.75) is 6.61 Å². The summed E-state index contributed by atoms with van der Waals surface area (Å²) in [6.45, 7) is 2.19. The number of ether oxygens (including phenoxy) is 1. The zero-order chi connectivity index (χ0) is 13.5. The lowest BCUT2D eigenvalue weighted by Crippen LogP contribution is -2.24. The molecule has 1 aromatic carbocycles. The van der Waals surface area contributed by atoms with E-state index in [0.29, 0.717) is 6.61 Å². The number of rotatable bonds is 7. The van der Waals surface area contributed by atoms with Crippen LogP contribution >= 0.6 is 11.5 Å². The van der Waals surface area contributed by atoms with Gasteiger partial charge in [-0.1, -0.05) is 18.2 Å². The third-order valence-electron chi connectivity index (χ3n) is 2.66. The van der Waals surface area contributed by atoms with Gasteiger partial charge in [0.1, 0.15) is 6.61 Å². The minimum atomic E-state index is 0.460. The molecule has 1 aromatic heterocycles. The summed E-state index contributed by atoms with van der Waals surface area (Å²) in [6.07, 6.45) is 0. The van der Waals surface area contributed by atoms with Gasteiger partial charge >= 0.3 is 0 Å². The van der Waals surface area contributed by atoms with Crippen molar-refractivity contribution in [1.82, 2.24) is 9.36 Å². The van der Waals surface area contributed by atoms with Gasteiger partial charge in [-0.2, -0.15) is 4.37 Å². The lowest BCUT2D eigenvalue weighted by molar-refractivity contribution is 0.179. The van der Waals surface area contributed by atoms with E-state index in [2.05, 4.69) is 38.8 Å². The van der Waals surface area contributed by atoms with Gasteiger partial charge in [-0.05, 0) is 12.1 Å². The zero-order valence-electron chi connectivity index (χ0n) is 11.2. The predicted molar refractivity (Wildman–Crippen MR) is 78.8 cm³/mol. The van der Waals surface area contributed by atoms with Crippen LogP contribution in [0.2, 0.25) is 0 Å². The Kier molecular flexibility index (Phi) is 5.11. The first-order valence-corrected chi connectivity index (χ1v) is 6.88. The van der Waals surface area contributed by atoms with Crippen LogP contribution in [-0.4, -0.2) is 36.6 Å². The topological polar surface area (TPSA) is 50.3 Å². The molecule has 0 atom stereocenters. The number of anilines is 2.